The molecule has 25 rings (SSSR count). The lowest BCUT2D eigenvalue weighted by molar-refractivity contribution is -0.174. The number of ether oxygens (including phenoxy) is 3. The fourth-order valence-electron chi connectivity index (χ4n) is 25.4. The van der Waals surface area contributed by atoms with Crippen molar-refractivity contribution in [3.8, 4) is 0 Å². The summed E-state index contributed by atoms with van der Waals surface area (Å²) in [5.74, 6) is 0.719. The van der Waals surface area contributed by atoms with E-state index >= 15 is 0 Å². The van der Waals surface area contributed by atoms with E-state index < -0.39 is 16.2 Å². The summed E-state index contributed by atoms with van der Waals surface area (Å²) in [6, 6.07) is 0. The van der Waals surface area contributed by atoms with Crippen molar-refractivity contribution < 1.29 is 57.4 Å². The fraction of sp³-hybridized carbons (Fsp3) is 0.875. The first-order valence-electron chi connectivity index (χ1n) is 34.5. The molecule has 0 radical (unpaired) electrons. The first-order valence-corrected chi connectivity index (χ1v) is 34.5. The van der Waals surface area contributed by atoms with Gasteiger partial charge in [0.1, 0.15) is 53.0 Å². The van der Waals surface area contributed by atoms with Crippen LogP contribution in [0.25, 0.3) is 0 Å². The van der Waals surface area contributed by atoms with E-state index in [9.17, 15) is 43.2 Å². The first-order chi connectivity index (χ1) is 39.7. The molecule has 0 aromatic rings. The van der Waals surface area contributed by atoms with Gasteiger partial charge in [-0.3, -0.25) is 43.2 Å². The van der Waals surface area contributed by atoms with Gasteiger partial charge >= 0.3 is 17.9 Å². The molecule has 12 nitrogen and oxygen atoms in total. The fourth-order valence-corrected chi connectivity index (χ4v) is 25.4. The topological polar surface area (TPSA) is 181 Å². The molecule has 13 saturated heterocycles. The van der Waals surface area contributed by atoms with E-state index in [0.717, 1.165) is 57.8 Å². The van der Waals surface area contributed by atoms with E-state index in [-0.39, 0.29) is 213 Å². The largest absolute Gasteiger partial charge is 0.462 e. The Hall–Kier alpha value is -3.57. The lowest BCUT2D eigenvalue weighted by Gasteiger charge is -2.59. The molecule has 0 spiro atoms. The molecule has 0 unspecified atom stereocenters. The first kappa shape index (κ1) is 59.4. The Bertz CT molecular complexity index is 2470. The van der Waals surface area contributed by atoms with Gasteiger partial charge in [-0.05, 0) is 221 Å². The smallest absolute Gasteiger partial charge is 0.306 e. The zero-order valence-corrected chi connectivity index (χ0v) is 52.6. The van der Waals surface area contributed by atoms with Crippen molar-refractivity contribution in [2.75, 3.05) is 0 Å². The molecule has 13 aliphatic heterocycles. The molecule has 12 saturated carbocycles. The molecule has 0 aromatic heterocycles. The normalized spacial score (nSPS) is 53.4. The highest BCUT2D eigenvalue weighted by Gasteiger charge is 2.70. The molecular formula is C72H102O12. The molecule has 462 valence electrons. The maximum atomic E-state index is 14.8. The van der Waals surface area contributed by atoms with Gasteiger partial charge in [0.2, 0.25) is 0 Å². The van der Waals surface area contributed by atoms with Crippen molar-refractivity contribution in [1.29, 1.82) is 0 Å². The molecule has 0 aromatic carbocycles. The molecule has 13 heterocycles. The Morgan fingerprint density at radius 1 is 0.310 bits per heavy atom. The van der Waals surface area contributed by atoms with Crippen LogP contribution in [0.3, 0.4) is 0 Å². The molecule has 84 heavy (non-hydrogen) atoms. The van der Waals surface area contributed by atoms with E-state index in [2.05, 4.69) is 62.3 Å². The molecule has 24 bridgehead atoms. The summed E-state index contributed by atoms with van der Waals surface area (Å²) in [6.07, 6.45) is 15.7. The van der Waals surface area contributed by atoms with Crippen LogP contribution < -0.4 is 0 Å². The van der Waals surface area contributed by atoms with Crippen molar-refractivity contribution in [1.82, 2.24) is 0 Å². The number of hydrogen-bond donors (Lipinski definition) is 0. The van der Waals surface area contributed by atoms with E-state index in [0.29, 0.717) is 96.3 Å². The Morgan fingerprint density at radius 3 is 0.821 bits per heavy atom. The summed E-state index contributed by atoms with van der Waals surface area (Å²) >= 11 is 0. The number of carbonyl (C=O) groups is 9. The van der Waals surface area contributed by atoms with Crippen molar-refractivity contribution >= 4 is 52.6 Å². The van der Waals surface area contributed by atoms with Crippen LogP contribution >= 0.6 is 0 Å². The summed E-state index contributed by atoms with van der Waals surface area (Å²) in [7, 11) is 0. The highest BCUT2D eigenvalue weighted by molar-refractivity contribution is 5.94. The van der Waals surface area contributed by atoms with E-state index in [1.807, 2.05) is 0 Å². The van der Waals surface area contributed by atoms with Gasteiger partial charge in [0, 0.05) is 91.8 Å². The minimum atomic E-state index is -0.637. The van der Waals surface area contributed by atoms with Gasteiger partial charge in [-0.25, -0.2) is 0 Å². The molecule has 27 atom stereocenters. The van der Waals surface area contributed by atoms with Gasteiger partial charge in [0.05, 0.1) is 0 Å². The second kappa shape index (κ2) is 21.0. The highest BCUT2D eigenvalue weighted by atomic mass is 16.6. The number of Topliss-reactive ketones (excluding diaryl/α,β-unsaturated/α-hetero) is 6. The van der Waals surface area contributed by atoms with E-state index in [1.165, 1.54) is 0 Å². The van der Waals surface area contributed by atoms with Crippen LogP contribution in [0.15, 0.2) is 0 Å². The van der Waals surface area contributed by atoms with E-state index in [1.54, 1.807) is 0 Å². The Kier molecular flexibility index (Phi) is 14.9. The summed E-state index contributed by atoms with van der Waals surface area (Å²) in [4.78, 5) is 130. The second-order valence-corrected chi connectivity index (χ2v) is 33.3. The van der Waals surface area contributed by atoms with Crippen molar-refractivity contribution in [3.05, 3.63) is 0 Å². The zero-order valence-electron chi connectivity index (χ0n) is 52.6. The minimum absolute atomic E-state index is 0.0274. The van der Waals surface area contributed by atoms with Crippen LogP contribution in [0, 0.1) is 139 Å². The van der Waals surface area contributed by atoms with Crippen LogP contribution in [0.1, 0.15) is 236 Å². The van der Waals surface area contributed by atoms with Crippen molar-refractivity contribution in [3.63, 3.8) is 0 Å². The molecular weight excluding hydrogens is 1060 g/mol. The Balaban J connectivity index is 0.726. The maximum Gasteiger partial charge on any atom is 0.306 e. The quantitative estimate of drug-likeness (QED) is 0.166. The molecule has 25 aliphatic rings. The van der Waals surface area contributed by atoms with Gasteiger partial charge in [-0.1, -0.05) is 62.3 Å². The molecule has 12 aliphatic carbocycles. The molecule has 25 fully saturated rings. The average Bonchev–Trinajstić information content (AvgIpc) is 1.35. The summed E-state index contributed by atoms with van der Waals surface area (Å²) in [5.41, 5.74) is -2.55. The predicted octanol–water partition coefficient (Wildman–Crippen LogP) is 13.0. The third-order valence-corrected chi connectivity index (χ3v) is 30.4. The van der Waals surface area contributed by atoms with Gasteiger partial charge < -0.3 is 14.2 Å². The average molecular weight is 1160 g/mol. The molecule has 12 heteroatoms. The van der Waals surface area contributed by atoms with Crippen molar-refractivity contribution in [2.45, 2.75) is 254 Å². The number of carbonyl (C=O) groups excluding carboxylic acids is 9. The van der Waals surface area contributed by atoms with Crippen LogP contribution in [0.4, 0.5) is 0 Å². The zero-order chi connectivity index (χ0) is 59.5. The number of fused-ring (bicyclic) bond motifs is 1. The van der Waals surface area contributed by atoms with Crippen LogP contribution in [-0.4, -0.2) is 70.9 Å². The minimum Gasteiger partial charge on any atom is -0.462 e. The van der Waals surface area contributed by atoms with Gasteiger partial charge in [-0.15, -0.1) is 0 Å². The summed E-state index contributed by atoms with van der Waals surface area (Å²) < 4.78 is 18.9. The lowest BCUT2D eigenvalue weighted by atomic mass is 9.43. The third kappa shape index (κ3) is 8.86. The van der Waals surface area contributed by atoms with Gasteiger partial charge in [0.25, 0.3) is 0 Å². The van der Waals surface area contributed by atoms with Gasteiger partial charge in [0.15, 0.2) is 0 Å². The Labute approximate surface area is 500 Å². The second-order valence-electron chi connectivity index (χ2n) is 33.3. The number of ketones is 6. The third-order valence-electron chi connectivity index (χ3n) is 30.4. The van der Waals surface area contributed by atoms with Crippen LogP contribution in [0.2, 0.25) is 0 Å². The Morgan fingerprint density at radius 2 is 0.560 bits per heavy atom. The molecule has 0 N–H and O–H groups in total. The highest BCUT2D eigenvalue weighted by Crippen LogP contribution is 2.71. The van der Waals surface area contributed by atoms with Crippen LogP contribution in [-0.2, 0) is 57.4 Å². The summed E-state index contributed by atoms with van der Waals surface area (Å²) in [6.45, 7) is 19.8. The lowest BCUT2D eigenvalue weighted by Crippen LogP contribution is -2.60. The summed E-state index contributed by atoms with van der Waals surface area (Å²) in [5, 5.41) is 0. The van der Waals surface area contributed by atoms with Crippen molar-refractivity contribution in [2.24, 2.45) is 139 Å². The standard InChI is InChI=1S/C72H102O12/c1-37-10-19-61(79)82-43-22-25-68(5)40(28-43)32-56(74)65-50-17-14-47(71(50,8)59(77)35-53(65)68)39(3)12-21-63(81)84-45-24-27-69(6)42(30-45)33-57(75)66-51-18-15-48(72(51,9)60(78)36-54(66)69)38(2)11-20-62(80)83-44-23-26-67(4)41(29-44)31-55(73)64-49-16-13-46(37)70(49,7)58(76)34-52(64)67/h37-54,64-66H,10-36H2,1-9H3/t37-,38-,39-,40+,41+,42+,43-,44-,45-,46-,47-,48-,49+,50+,51+,52+,53+,54+,64+,65+,66+,67+,68+,69+,70-,71-,72-/m1/s1. The SMILES string of the molecule is C[C@@H]1CCC(=O)O[C@@H]2CC[C@@]3(C)[C@H](CC(=O)[C@@H]4[C@@H]3CC(=O)[C@]3(C)[C@H](CC[C@@H]43)[C@H](C)CCC(=O)O[C@@H]3CC[C@@]4(C)[C@H](CC(=O)[C@@H]5[C@@H]4CC(=O)[C@]4(C)[C@H](CC[C@@H]54)[C@H](C)CCC(=O)O[C@@H]4CC[C@@]5(C)[C@H](CC(=O)[C@@H]6[C@@H]5CC(=O)[C@]5(C)[C@@H]1CC[C@@H]65)C4)C3)C2. The number of rotatable bonds is 0. The van der Waals surface area contributed by atoms with E-state index in [4.69, 9.17) is 14.2 Å². The number of esters is 3. The molecule has 0 amide bonds. The number of hydrogen-bond acceptors (Lipinski definition) is 12. The van der Waals surface area contributed by atoms with Crippen LogP contribution in [0.5, 0.6) is 0 Å². The monoisotopic (exact) mass is 1160 g/mol. The maximum absolute atomic E-state index is 14.8. The predicted molar refractivity (Wildman–Crippen MR) is 313 cm³/mol. The van der Waals surface area contributed by atoms with Gasteiger partial charge in [-0.2, -0.15) is 0 Å².